The molecule has 18 heavy (non-hydrogen) atoms. The van der Waals surface area contributed by atoms with E-state index in [0.717, 1.165) is 0 Å². The predicted octanol–water partition coefficient (Wildman–Crippen LogP) is -0.452. The fourth-order valence-corrected chi connectivity index (χ4v) is 5.64. The van der Waals surface area contributed by atoms with Gasteiger partial charge in [0.05, 0.1) is 27.8 Å². The van der Waals surface area contributed by atoms with Crippen LogP contribution in [0.4, 0.5) is 0 Å². The van der Waals surface area contributed by atoms with Crippen LogP contribution in [0.15, 0.2) is 0 Å². The number of sulfonamides is 1. The smallest absolute Gasteiger partial charge is 0.215 e. The van der Waals surface area contributed by atoms with Crippen LogP contribution in [0, 0.1) is 0 Å². The van der Waals surface area contributed by atoms with Crippen molar-refractivity contribution in [2.45, 2.75) is 37.5 Å². The fourth-order valence-electron chi connectivity index (χ4n) is 1.82. The van der Waals surface area contributed by atoms with E-state index >= 15 is 0 Å². The largest absolute Gasteiger partial charge is 0.392 e. The minimum atomic E-state index is -3.57. The Bertz CT molecular complexity index is 498. The Kier molecular flexibility index (Phi) is 5.10. The third kappa shape index (κ3) is 4.15. The van der Waals surface area contributed by atoms with Gasteiger partial charge in [-0.25, -0.2) is 21.6 Å². The second kappa shape index (κ2) is 5.81. The zero-order valence-corrected chi connectivity index (χ0v) is 12.6. The maximum atomic E-state index is 12.0. The molecule has 1 aliphatic heterocycles. The van der Waals surface area contributed by atoms with E-state index in [4.69, 9.17) is 18.0 Å². The molecular formula is C9H18N2O4S3. The first-order valence-corrected chi connectivity index (χ1v) is 9.46. The molecule has 0 aromatic carbocycles. The van der Waals surface area contributed by atoms with E-state index in [-0.39, 0.29) is 29.3 Å². The highest BCUT2D eigenvalue weighted by Gasteiger charge is 2.34. The number of nitrogens with two attached hydrogens (primary N) is 1. The van der Waals surface area contributed by atoms with Gasteiger partial charge in [0, 0.05) is 0 Å². The molecule has 1 unspecified atom stereocenters. The maximum absolute atomic E-state index is 12.0. The molecule has 106 valence electrons. The Labute approximate surface area is 113 Å². The maximum Gasteiger partial charge on any atom is 0.215 e. The molecule has 0 aromatic rings. The van der Waals surface area contributed by atoms with E-state index in [0.29, 0.717) is 6.42 Å². The van der Waals surface area contributed by atoms with Gasteiger partial charge in [-0.2, -0.15) is 0 Å². The van der Waals surface area contributed by atoms with Gasteiger partial charge in [0.2, 0.25) is 10.0 Å². The predicted molar refractivity (Wildman–Crippen MR) is 74.6 cm³/mol. The summed E-state index contributed by atoms with van der Waals surface area (Å²) in [6.45, 7) is 1.78. The molecule has 9 heteroatoms. The molecule has 1 heterocycles. The van der Waals surface area contributed by atoms with Crippen molar-refractivity contribution in [2.24, 2.45) is 5.73 Å². The fraction of sp³-hybridized carbons (Fsp3) is 0.889. The van der Waals surface area contributed by atoms with Crippen LogP contribution in [-0.4, -0.2) is 44.6 Å². The average Bonchev–Trinajstić information content (AvgIpc) is 2.25. The first-order valence-electron chi connectivity index (χ1n) is 5.69. The molecule has 3 N–H and O–H groups in total. The van der Waals surface area contributed by atoms with Crippen molar-refractivity contribution in [1.29, 1.82) is 0 Å². The van der Waals surface area contributed by atoms with Gasteiger partial charge in [-0.05, 0) is 19.3 Å². The summed E-state index contributed by atoms with van der Waals surface area (Å²) in [4.78, 5) is 0.101. The average molecular weight is 314 g/mol. The number of nitrogens with one attached hydrogen (secondary N) is 1. The highest BCUT2D eigenvalue weighted by Crippen LogP contribution is 2.19. The highest BCUT2D eigenvalue weighted by atomic mass is 32.2. The molecule has 1 rings (SSSR count). The number of hydrogen-bond acceptors (Lipinski definition) is 5. The van der Waals surface area contributed by atoms with Crippen LogP contribution in [0.5, 0.6) is 0 Å². The Hall–Kier alpha value is -0.250. The minimum Gasteiger partial charge on any atom is -0.392 e. The van der Waals surface area contributed by atoms with Crippen LogP contribution in [0.25, 0.3) is 0 Å². The number of thiocarbonyl (C=S) groups is 1. The lowest BCUT2D eigenvalue weighted by Gasteiger charge is -2.24. The summed E-state index contributed by atoms with van der Waals surface area (Å²) in [6, 6.07) is -0.566. The molecule has 0 aromatic heterocycles. The Morgan fingerprint density at radius 2 is 1.94 bits per heavy atom. The standard InChI is InChI=1S/C9H18N2O4S3/c1-2-8(9(10)16)11-18(14,15)7-3-5-17(12,13)6-4-7/h7-8,11H,2-6H2,1H3,(H2,10,16). The lowest BCUT2D eigenvalue weighted by molar-refractivity contribution is 0.537. The molecule has 0 aliphatic carbocycles. The second-order valence-corrected chi connectivity index (χ2v) is 9.14. The second-order valence-electron chi connectivity index (χ2n) is 4.38. The van der Waals surface area contributed by atoms with Crippen LogP contribution in [-0.2, 0) is 19.9 Å². The Balaban J connectivity index is 2.73. The van der Waals surface area contributed by atoms with Crippen LogP contribution >= 0.6 is 12.2 Å². The molecule has 6 nitrogen and oxygen atoms in total. The van der Waals surface area contributed by atoms with E-state index in [1.807, 2.05) is 0 Å². The van der Waals surface area contributed by atoms with Gasteiger partial charge in [0.25, 0.3) is 0 Å². The highest BCUT2D eigenvalue weighted by molar-refractivity contribution is 7.92. The summed E-state index contributed by atoms with van der Waals surface area (Å²) in [5, 5.41) is -0.676. The van der Waals surface area contributed by atoms with Gasteiger partial charge in [-0.15, -0.1) is 0 Å². The molecule has 0 saturated carbocycles. The molecule has 0 radical (unpaired) electrons. The van der Waals surface area contributed by atoms with Gasteiger partial charge in [0.1, 0.15) is 9.84 Å². The zero-order valence-electron chi connectivity index (χ0n) is 10.1. The summed E-state index contributed by atoms with van der Waals surface area (Å²) in [5.74, 6) is -0.162. The van der Waals surface area contributed by atoms with Crippen molar-refractivity contribution in [1.82, 2.24) is 4.72 Å². The van der Waals surface area contributed by atoms with Gasteiger partial charge < -0.3 is 5.73 Å². The number of hydrogen-bond donors (Lipinski definition) is 2. The van der Waals surface area contributed by atoms with Crippen molar-refractivity contribution in [3.8, 4) is 0 Å². The topological polar surface area (TPSA) is 106 Å². The van der Waals surface area contributed by atoms with Crippen LogP contribution in [0.1, 0.15) is 26.2 Å². The van der Waals surface area contributed by atoms with Crippen molar-refractivity contribution in [3.05, 3.63) is 0 Å². The lowest BCUT2D eigenvalue weighted by atomic mass is 10.2. The third-order valence-corrected chi connectivity index (χ3v) is 6.96. The van der Waals surface area contributed by atoms with E-state index in [1.165, 1.54) is 0 Å². The Morgan fingerprint density at radius 3 is 2.33 bits per heavy atom. The normalized spacial score (nSPS) is 22.5. The van der Waals surface area contributed by atoms with Gasteiger partial charge in [-0.1, -0.05) is 19.1 Å². The summed E-state index contributed by atoms with van der Waals surface area (Å²) in [5.41, 5.74) is 5.44. The summed E-state index contributed by atoms with van der Waals surface area (Å²) < 4.78 is 49.1. The minimum absolute atomic E-state index is 0.0809. The SMILES string of the molecule is CCC(NS(=O)(=O)C1CCS(=O)(=O)CC1)C(N)=S. The molecule has 0 amide bonds. The number of sulfone groups is 1. The summed E-state index contributed by atoms with van der Waals surface area (Å²) in [6.07, 6.45) is 0.733. The van der Waals surface area contributed by atoms with Gasteiger partial charge >= 0.3 is 0 Å². The van der Waals surface area contributed by atoms with Crippen molar-refractivity contribution >= 4 is 37.1 Å². The lowest BCUT2D eigenvalue weighted by Crippen LogP contribution is -2.48. The first-order chi connectivity index (χ1) is 8.18. The van der Waals surface area contributed by atoms with Crippen LogP contribution in [0.2, 0.25) is 0 Å². The molecule has 1 saturated heterocycles. The van der Waals surface area contributed by atoms with Gasteiger partial charge in [-0.3, -0.25) is 0 Å². The van der Waals surface area contributed by atoms with Crippen molar-refractivity contribution in [2.75, 3.05) is 11.5 Å². The molecule has 0 bridgehead atoms. The van der Waals surface area contributed by atoms with E-state index < -0.39 is 31.2 Å². The van der Waals surface area contributed by atoms with E-state index in [9.17, 15) is 16.8 Å². The van der Waals surface area contributed by atoms with Gasteiger partial charge in [0.15, 0.2) is 0 Å². The first kappa shape index (κ1) is 15.8. The summed E-state index contributed by atoms with van der Waals surface area (Å²) in [7, 11) is -6.64. The molecular weight excluding hydrogens is 296 g/mol. The molecule has 1 aliphatic rings. The van der Waals surface area contributed by atoms with E-state index in [1.54, 1.807) is 6.92 Å². The molecule has 1 atom stereocenters. The van der Waals surface area contributed by atoms with Crippen LogP contribution < -0.4 is 10.5 Å². The monoisotopic (exact) mass is 314 g/mol. The van der Waals surface area contributed by atoms with Crippen LogP contribution in [0.3, 0.4) is 0 Å². The van der Waals surface area contributed by atoms with Crippen molar-refractivity contribution in [3.63, 3.8) is 0 Å². The zero-order chi connectivity index (χ0) is 14.0. The van der Waals surface area contributed by atoms with Crippen molar-refractivity contribution < 1.29 is 16.8 Å². The quantitative estimate of drug-likeness (QED) is 0.666. The van der Waals surface area contributed by atoms with E-state index in [2.05, 4.69) is 4.72 Å². The summed E-state index contributed by atoms with van der Waals surface area (Å²) >= 11 is 4.78. The number of rotatable bonds is 5. The molecule has 0 spiro atoms. The molecule has 1 fully saturated rings. The third-order valence-electron chi connectivity index (χ3n) is 3.00. The Morgan fingerprint density at radius 1 is 1.44 bits per heavy atom.